The summed E-state index contributed by atoms with van der Waals surface area (Å²) in [5.41, 5.74) is 11.2. The highest BCUT2D eigenvalue weighted by Gasteiger charge is 2.40. The third kappa shape index (κ3) is 16.9. The molecule has 5 aromatic rings. The minimum absolute atomic E-state index is 0.00155. The fourth-order valence-corrected chi connectivity index (χ4v) is 9.01. The molecule has 79 heavy (non-hydrogen) atoms. The van der Waals surface area contributed by atoms with Crippen molar-refractivity contribution in [2.45, 2.75) is 94.2 Å². The van der Waals surface area contributed by atoms with Gasteiger partial charge in [-0.05, 0) is 101 Å². The average Bonchev–Trinajstić information content (AvgIpc) is 3.38. The molecule has 16 N–H and O–H groups in total. The first-order valence-electron chi connectivity index (χ1n) is 24.3. The van der Waals surface area contributed by atoms with Crippen molar-refractivity contribution < 1.29 is 84.3 Å². The Balaban J connectivity index is 1.53. The molecular formula is C55H59Cl2N5O17. The maximum Gasteiger partial charge on any atom is 0.311 e. The second-order valence-corrected chi connectivity index (χ2v) is 20.1. The highest BCUT2D eigenvalue weighted by molar-refractivity contribution is 6.32. The van der Waals surface area contributed by atoms with Crippen molar-refractivity contribution in [3.05, 3.63) is 141 Å². The molecular weight excluding hydrogens is 1070 g/mol. The van der Waals surface area contributed by atoms with Crippen molar-refractivity contribution in [3.63, 3.8) is 0 Å². The monoisotopic (exact) mass is 1130 g/mol. The van der Waals surface area contributed by atoms with Gasteiger partial charge in [0.25, 0.3) is 0 Å². The number of benzene rings is 5. The van der Waals surface area contributed by atoms with E-state index >= 15 is 0 Å². The van der Waals surface area contributed by atoms with Crippen LogP contribution in [0.4, 0.5) is 0 Å². The van der Waals surface area contributed by atoms with Crippen LogP contribution in [-0.2, 0) is 38.4 Å². The zero-order chi connectivity index (χ0) is 58.6. The topological polar surface area (TPSA) is 407 Å². The molecule has 24 heteroatoms. The van der Waals surface area contributed by atoms with E-state index < -0.39 is 144 Å². The van der Waals surface area contributed by atoms with E-state index in [1.54, 1.807) is 13.8 Å². The highest BCUT2D eigenvalue weighted by atomic mass is 35.5. The Morgan fingerprint density at radius 2 is 0.937 bits per heavy atom. The number of hydrogen-bond donors (Lipinski definition) is 14. The number of phenols is 6. The van der Waals surface area contributed by atoms with Gasteiger partial charge in [-0.2, -0.15) is 0 Å². The first-order valence-corrected chi connectivity index (χ1v) is 25.1. The molecule has 0 aliphatic heterocycles. The number of Topliss-reactive ketones (excluding diaryl/α,β-unsaturated/α-hetero) is 3. The van der Waals surface area contributed by atoms with Crippen molar-refractivity contribution in [3.8, 4) is 34.5 Å². The second kappa shape index (κ2) is 27.3. The van der Waals surface area contributed by atoms with E-state index in [2.05, 4.69) is 16.0 Å². The Labute approximate surface area is 461 Å². The molecule has 0 heterocycles. The normalized spacial score (nSPS) is 14.7. The summed E-state index contributed by atoms with van der Waals surface area (Å²) in [6, 6.07) is 12.3. The molecule has 0 radical (unpaired) electrons. The van der Waals surface area contributed by atoms with Crippen LogP contribution in [0.3, 0.4) is 0 Å². The standard InChI is InChI=1S/C55H59Cl2N5O17/c1-25(2)15-40(58)54(77)62-48(50(73)28-7-13-41(67)38(56)18-28)43(69)20-31(21-46(59)72)52(75)60-47(27-5-11-33(64)12-6-27)44(70)23-36(26-3-9-32(63)10-4-26)53(76)61-49(51(74)29-8-14-42(68)39(57)19-29)45(71)24-37(55(78)79)30-16-34(65)22-35(66)17-30/h3-14,16-19,22,25,31,36-37,40,47-51,63-68,73-74H,15,20-21,23-24,58H2,1-2H3,(H2,59,72)(H,60,75)(H,61,76)(H,62,77)(H,78,79). The smallest absolute Gasteiger partial charge is 0.311 e. The van der Waals surface area contributed by atoms with Crippen LogP contribution in [0.5, 0.6) is 34.5 Å². The van der Waals surface area contributed by atoms with E-state index in [4.69, 9.17) is 34.7 Å². The molecule has 0 aliphatic rings. The number of carbonyl (C=O) groups excluding carboxylic acids is 7. The maximum atomic E-state index is 14.9. The van der Waals surface area contributed by atoms with Gasteiger partial charge < -0.3 is 73.4 Å². The number of rotatable bonds is 27. The molecule has 22 nitrogen and oxygen atoms in total. The molecule has 0 saturated heterocycles. The number of halogens is 2. The SMILES string of the molecule is CC(C)CC(N)C(=O)NC(C(=O)CC(CC(N)=O)C(=O)NC(C(=O)CC(C(=O)NC(C(=O)CC(C(=O)O)c1cc(O)cc(O)c1)C(O)c1ccc(O)c(Cl)c1)c1ccc(O)cc1)c1ccc(O)cc1)C(O)c1ccc(O)c(Cl)c1. The summed E-state index contributed by atoms with van der Waals surface area (Å²) in [5, 5.41) is 101. The van der Waals surface area contributed by atoms with E-state index in [9.17, 15) is 84.3 Å². The summed E-state index contributed by atoms with van der Waals surface area (Å²) in [6.07, 6.45) is -7.42. The zero-order valence-electron chi connectivity index (χ0n) is 42.3. The number of nitrogens with two attached hydrogens (primary N) is 2. The van der Waals surface area contributed by atoms with Crippen molar-refractivity contribution in [2.75, 3.05) is 0 Å². The van der Waals surface area contributed by atoms with Crippen LogP contribution in [-0.4, -0.2) is 111 Å². The Morgan fingerprint density at radius 3 is 1.39 bits per heavy atom. The van der Waals surface area contributed by atoms with Crippen LogP contribution in [0.1, 0.15) is 104 Å². The fourth-order valence-electron chi connectivity index (χ4n) is 8.63. The lowest BCUT2D eigenvalue weighted by atomic mass is 9.86. The van der Waals surface area contributed by atoms with Gasteiger partial charge in [0.1, 0.15) is 64.8 Å². The van der Waals surface area contributed by atoms with Crippen molar-refractivity contribution in [2.24, 2.45) is 23.3 Å². The number of primary amides is 1. The van der Waals surface area contributed by atoms with Gasteiger partial charge in [-0.15, -0.1) is 0 Å². The molecule has 0 spiro atoms. The summed E-state index contributed by atoms with van der Waals surface area (Å²) in [7, 11) is 0. The maximum absolute atomic E-state index is 14.9. The van der Waals surface area contributed by atoms with Crippen LogP contribution in [0, 0.1) is 11.8 Å². The van der Waals surface area contributed by atoms with Crippen LogP contribution in [0.2, 0.25) is 10.0 Å². The minimum atomic E-state index is -2.07. The fraction of sp³-hybridized carbons (Fsp3) is 0.309. The predicted octanol–water partition coefficient (Wildman–Crippen LogP) is 4.22. The third-order valence-corrected chi connectivity index (χ3v) is 13.4. The molecule has 0 fully saturated rings. The number of carboxylic acids is 1. The Morgan fingerprint density at radius 1 is 0.494 bits per heavy atom. The lowest BCUT2D eigenvalue weighted by Gasteiger charge is -2.28. The van der Waals surface area contributed by atoms with Crippen LogP contribution in [0.15, 0.2) is 103 Å². The molecule has 0 saturated carbocycles. The molecule has 0 aliphatic carbocycles. The summed E-state index contributed by atoms with van der Waals surface area (Å²) >= 11 is 12.2. The number of aliphatic hydroxyl groups excluding tert-OH is 2. The number of carboxylic acid groups (broad SMARTS) is 1. The zero-order valence-corrected chi connectivity index (χ0v) is 43.8. The quantitative estimate of drug-likeness (QED) is 0.0350. The van der Waals surface area contributed by atoms with Gasteiger partial charge >= 0.3 is 5.97 Å². The number of hydrogen-bond acceptors (Lipinski definition) is 17. The second-order valence-electron chi connectivity index (χ2n) is 19.2. The molecule has 5 aromatic carbocycles. The first kappa shape index (κ1) is 61.6. The number of nitrogens with one attached hydrogen (secondary N) is 3. The highest BCUT2D eigenvalue weighted by Crippen LogP contribution is 2.35. The van der Waals surface area contributed by atoms with Gasteiger partial charge in [-0.1, -0.05) is 73.4 Å². The predicted molar refractivity (Wildman–Crippen MR) is 284 cm³/mol. The van der Waals surface area contributed by atoms with Gasteiger partial charge in [0.15, 0.2) is 17.3 Å². The number of aromatic hydroxyl groups is 6. The lowest BCUT2D eigenvalue weighted by Crippen LogP contribution is -2.52. The van der Waals surface area contributed by atoms with Gasteiger partial charge in [0.2, 0.25) is 23.6 Å². The first-order chi connectivity index (χ1) is 37.1. The van der Waals surface area contributed by atoms with E-state index in [1.165, 1.54) is 30.3 Å². The molecule has 0 aromatic heterocycles. The van der Waals surface area contributed by atoms with Gasteiger partial charge in [0, 0.05) is 31.7 Å². The number of carbonyl (C=O) groups is 8. The van der Waals surface area contributed by atoms with E-state index in [-0.39, 0.29) is 67.4 Å². The van der Waals surface area contributed by atoms with Crippen molar-refractivity contribution >= 4 is 70.1 Å². The molecule has 420 valence electrons. The van der Waals surface area contributed by atoms with Crippen LogP contribution >= 0.6 is 23.2 Å². The Kier molecular flexibility index (Phi) is 21.3. The average molecular weight is 1130 g/mol. The van der Waals surface area contributed by atoms with Crippen molar-refractivity contribution in [1.82, 2.24) is 16.0 Å². The number of phenolic OH excluding ortho intramolecular Hbond substituents is 6. The number of ketones is 3. The van der Waals surface area contributed by atoms with E-state index in [0.29, 0.717) is 0 Å². The molecule has 9 unspecified atom stereocenters. The number of aliphatic hydroxyl groups is 2. The van der Waals surface area contributed by atoms with Crippen molar-refractivity contribution in [1.29, 1.82) is 0 Å². The van der Waals surface area contributed by atoms with Gasteiger partial charge in [-0.3, -0.25) is 38.4 Å². The Bertz CT molecular complexity index is 3050. The summed E-state index contributed by atoms with van der Waals surface area (Å²) in [4.78, 5) is 111. The van der Waals surface area contributed by atoms with E-state index in [0.717, 1.165) is 72.8 Å². The summed E-state index contributed by atoms with van der Waals surface area (Å²) in [5.74, 6) is -16.9. The van der Waals surface area contributed by atoms with Crippen LogP contribution in [0.25, 0.3) is 0 Å². The molecule has 0 bridgehead atoms. The van der Waals surface area contributed by atoms with E-state index in [1.807, 2.05) is 0 Å². The van der Waals surface area contributed by atoms with Crippen LogP contribution < -0.4 is 27.4 Å². The van der Waals surface area contributed by atoms with Gasteiger partial charge in [-0.25, -0.2) is 0 Å². The molecule has 5 rings (SSSR count). The lowest BCUT2D eigenvalue weighted by molar-refractivity contribution is -0.141. The Hall–Kier alpha value is -8.28. The number of aliphatic carboxylic acids is 1. The van der Waals surface area contributed by atoms with Gasteiger partial charge in [0.05, 0.1) is 33.8 Å². The summed E-state index contributed by atoms with van der Waals surface area (Å²) in [6.45, 7) is 3.57. The largest absolute Gasteiger partial charge is 0.508 e. The molecule has 4 amide bonds. The summed E-state index contributed by atoms with van der Waals surface area (Å²) < 4.78 is 0. The molecule has 9 atom stereocenters. The third-order valence-electron chi connectivity index (χ3n) is 12.8. The minimum Gasteiger partial charge on any atom is -0.508 e. The number of amides is 4.